The second-order valence-electron chi connectivity index (χ2n) is 3.41. The molecular formula is C12H14N2OS. The van der Waals surface area contributed by atoms with Crippen LogP contribution in [0.5, 0.6) is 5.75 Å². The van der Waals surface area contributed by atoms with Gasteiger partial charge in [-0.25, -0.2) is 0 Å². The smallest absolute Gasteiger partial charge is 0.143 e. The number of hydrogen-bond donors (Lipinski definition) is 2. The molecule has 2 rings (SSSR count). The van der Waals surface area contributed by atoms with Crippen LogP contribution < -0.4 is 15.8 Å². The zero-order valence-corrected chi connectivity index (χ0v) is 9.88. The number of nitrogens with one attached hydrogen (secondary N) is 1. The molecule has 3 nitrogen and oxygen atoms in total. The average molecular weight is 234 g/mol. The fourth-order valence-electron chi connectivity index (χ4n) is 1.47. The number of hydrogen-bond acceptors (Lipinski definition) is 4. The molecule has 2 aromatic rings. The number of nitrogens with two attached hydrogens (primary N) is 1. The first-order valence-electron chi connectivity index (χ1n) is 4.98. The van der Waals surface area contributed by atoms with Gasteiger partial charge in [-0.1, -0.05) is 6.07 Å². The fourth-order valence-corrected chi connectivity index (χ4v) is 2.14. The maximum atomic E-state index is 5.95. The number of rotatable bonds is 4. The normalized spacial score (nSPS) is 10.1. The Kier molecular flexibility index (Phi) is 3.31. The molecule has 0 radical (unpaired) electrons. The Morgan fingerprint density at radius 2 is 2.25 bits per heavy atom. The van der Waals surface area contributed by atoms with Gasteiger partial charge in [-0.05, 0) is 34.5 Å². The standard InChI is InChI=1S/C12H14N2OS/c1-15-11-4-2-3-10(12(11)13)14-7-9-5-6-16-8-9/h2-6,8,14H,7,13H2,1H3. The summed E-state index contributed by atoms with van der Waals surface area (Å²) in [5.74, 6) is 0.704. The van der Waals surface area contributed by atoms with Gasteiger partial charge in [0, 0.05) is 6.54 Å². The van der Waals surface area contributed by atoms with E-state index in [2.05, 4.69) is 22.1 Å². The van der Waals surface area contributed by atoms with E-state index in [9.17, 15) is 0 Å². The van der Waals surface area contributed by atoms with Crippen LogP contribution in [0.2, 0.25) is 0 Å². The molecule has 0 fully saturated rings. The van der Waals surface area contributed by atoms with Crippen LogP contribution >= 0.6 is 11.3 Å². The van der Waals surface area contributed by atoms with Gasteiger partial charge in [-0.2, -0.15) is 11.3 Å². The van der Waals surface area contributed by atoms with Crippen molar-refractivity contribution < 1.29 is 4.74 Å². The summed E-state index contributed by atoms with van der Waals surface area (Å²) in [5.41, 5.74) is 8.77. The minimum atomic E-state index is 0.653. The Balaban J connectivity index is 2.09. The summed E-state index contributed by atoms with van der Waals surface area (Å²) in [6.07, 6.45) is 0. The molecule has 0 aliphatic heterocycles. The lowest BCUT2D eigenvalue weighted by molar-refractivity contribution is 0.417. The summed E-state index contributed by atoms with van der Waals surface area (Å²) >= 11 is 1.69. The first kappa shape index (κ1) is 10.8. The molecule has 3 N–H and O–H groups in total. The molecule has 4 heteroatoms. The van der Waals surface area contributed by atoms with Crippen molar-refractivity contribution >= 4 is 22.7 Å². The Labute approximate surface area is 98.9 Å². The summed E-state index contributed by atoms with van der Waals surface area (Å²) in [4.78, 5) is 0. The SMILES string of the molecule is COc1cccc(NCc2ccsc2)c1N. The Morgan fingerprint density at radius 3 is 2.94 bits per heavy atom. The molecule has 84 valence electrons. The minimum Gasteiger partial charge on any atom is -0.495 e. The quantitative estimate of drug-likeness (QED) is 0.800. The molecule has 0 aliphatic rings. The molecule has 0 saturated carbocycles. The third kappa shape index (κ3) is 2.28. The predicted molar refractivity (Wildman–Crippen MR) is 69.1 cm³/mol. The molecule has 0 spiro atoms. The van der Waals surface area contributed by atoms with E-state index in [0.29, 0.717) is 11.4 Å². The van der Waals surface area contributed by atoms with Gasteiger partial charge in [0.2, 0.25) is 0 Å². The first-order chi connectivity index (χ1) is 7.81. The van der Waals surface area contributed by atoms with Gasteiger partial charge in [0.15, 0.2) is 0 Å². The van der Waals surface area contributed by atoms with Crippen LogP contribution in [0.4, 0.5) is 11.4 Å². The highest BCUT2D eigenvalue weighted by atomic mass is 32.1. The summed E-state index contributed by atoms with van der Waals surface area (Å²) in [6, 6.07) is 7.81. The van der Waals surface area contributed by atoms with E-state index >= 15 is 0 Å². The lowest BCUT2D eigenvalue weighted by atomic mass is 10.2. The van der Waals surface area contributed by atoms with E-state index < -0.39 is 0 Å². The van der Waals surface area contributed by atoms with E-state index in [-0.39, 0.29) is 0 Å². The van der Waals surface area contributed by atoms with Crippen molar-refractivity contribution in [2.24, 2.45) is 0 Å². The van der Waals surface area contributed by atoms with E-state index in [1.165, 1.54) is 5.56 Å². The second-order valence-corrected chi connectivity index (χ2v) is 4.19. The number of thiophene rings is 1. The van der Waals surface area contributed by atoms with E-state index in [1.807, 2.05) is 18.2 Å². The molecule has 16 heavy (non-hydrogen) atoms. The lowest BCUT2D eigenvalue weighted by Gasteiger charge is -2.11. The molecular weight excluding hydrogens is 220 g/mol. The molecule has 1 heterocycles. The van der Waals surface area contributed by atoms with Crippen LogP contribution in [0.3, 0.4) is 0 Å². The highest BCUT2D eigenvalue weighted by molar-refractivity contribution is 7.07. The number of benzene rings is 1. The van der Waals surface area contributed by atoms with Crippen molar-refractivity contribution in [2.45, 2.75) is 6.54 Å². The molecule has 1 aromatic heterocycles. The van der Waals surface area contributed by atoms with Gasteiger partial charge in [0.25, 0.3) is 0 Å². The zero-order valence-electron chi connectivity index (χ0n) is 9.07. The van der Waals surface area contributed by atoms with Crippen molar-refractivity contribution in [1.82, 2.24) is 0 Å². The monoisotopic (exact) mass is 234 g/mol. The maximum absolute atomic E-state index is 5.95. The highest BCUT2D eigenvalue weighted by Crippen LogP contribution is 2.29. The third-order valence-corrected chi connectivity index (χ3v) is 3.08. The summed E-state index contributed by atoms with van der Waals surface area (Å²) in [5, 5.41) is 7.47. The van der Waals surface area contributed by atoms with Crippen molar-refractivity contribution in [3.8, 4) is 5.75 Å². The molecule has 0 amide bonds. The summed E-state index contributed by atoms with van der Waals surface area (Å²) in [7, 11) is 1.62. The Morgan fingerprint density at radius 1 is 1.38 bits per heavy atom. The minimum absolute atomic E-state index is 0.653. The third-order valence-electron chi connectivity index (χ3n) is 2.35. The second kappa shape index (κ2) is 4.90. The molecule has 0 saturated heterocycles. The van der Waals surface area contributed by atoms with Gasteiger partial charge in [0.05, 0.1) is 18.5 Å². The summed E-state index contributed by atoms with van der Waals surface area (Å²) in [6.45, 7) is 0.779. The number of anilines is 2. The highest BCUT2D eigenvalue weighted by Gasteiger charge is 2.04. The van der Waals surface area contributed by atoms with Crippen LogP contribution in [0, 0.1) is 0 Å². The van der Waals surface area contributed by atoms with Crippen LogP contribution in [-0.2, 0) is 6.54 Å². The topological polar surface area (TPSA) is 47.3 Å². The van der Waals surface area contributed by atoms with Crippen LogP contribution in [0.15, 0.2) is 35.0 Å². The fraction of sp³-hybridized carbons (Fsp3) is 0.167. The molecule has 0 unspecified atom stereocenters. The molecule has 0 atom stereocenters. The number of para-hydroxylation sites is 1. The Hall–Kier alpha value is -1.68. The first-order valence-corrected chi connectivity index (χ1v) is 5.93. The largest absolute Gasteiger partial charge is 0.495 e. The van der Waals surface area contributed by atoms with Crippen LogP contribution in [0.25, 0.3) is 0 Å². The molecule has 0 aliphatic carbocycles. The van der Waals surface area contributed by atoms with Crippen LogP contribution in [0.1, 0.15) is 5.56 Å². The van der Waals surface area contributed by atoms with Crippen molar-refractivity contribution in [1.29, 1.82) is 0 Å². The van der Waals surface area contributed by atoms with Crippen molar-refractivity contribution in [3.63, 3.8) is 0 Å². The van der Waals surface area contributed by atoms with Gasteiger partial charge in [-0.15, -0.1) is 0 Å². The summed E-state index contributed by atoms with van der Waals surface area (Å²) < 4.78 is 5.16. The van der Waals surface area contributed by atoms with Gasteiger partial charge in [-0.3, -0.25) is 0 Å². The van der Waals surface area contributed by atoms with Gasteiger partial charge in [0.1, 0.15) is 5.75 Å². The number of nitrogen functional groups attached to an aromatic ring is 1. The number of methoxy groups -OCH3 is 1. The van der Waals surface area contributed by atoms with E-state index in [1.54, 1.807) is 18.4 Å². The zero-order chi connectivity index (χ0) is 11.4. The lowest BCUT2D eigenvalue weighted by Crippen LogP contribution is -2.02. The van der Waals surface area contributed by atoms with Gasteiger partial charge < -0.3 is 15.8 Å². The van der Waals surface area contributed by atoms with E-state index in [4.69, 9.17) is 10.5 Å². The predicted octanol–water partition coefficient (Wildman–Crippen LogP) is 2.95. The average Bonchev–Trinajstić information content (AvgIpc) is 2.81. The van der Waals surface area contributed by atoms with Crippen LogP contribution in [-0.4, -0.2) is 7.11 Å². The maximum Gasteiger partial charge on any atom is 0.143 e. The molecule has 1 aromatic carbocycles. The molecule has 0 bridgehead atoms. The van der Waals surface area contributed by atoms with Crippen molar-refractivity contribution in [2.75, 3.05) is 18.2 Å². The number of ether oxygens (including phenoxy) is 1. The van der Waals surface area contributed by atoms with E-state index in [0.717, 1.165) is 12.2 Å². The Bertz CT molecular complexity index is 454. The van der Waals surface area contributed by atoms with Crippen molar-refractivity contribution in [3.05, 3.63) is 40.6 Å². The van der Waals surface area contributed by atoms with Gasteiger partial charge >= 0.3 is 0 Å².